The van der Waals surface area contributed by atoms with Gasteiger partial charge >= 0.3 is 0 Å². The maximum atomic E-state index is 12.9. The number of rotatable bonds is 7. The van der Waals surface area contributed by atoms with Crippen LogP contribution in [0, 0.1) is 5.92 Å². The third-order valence-corrected chi connectivity index (χ3v) is 5.01. The van der Waals surface area contributed by atoms with Crippen LogP contribution in [0.1, 0.15) is 24.2 Å². The summed E-state index contributed by atoms with van der Waals surface area (Å²) in [6.07, 6.45) is 5.11. The molecule has 1 atom stereocenters. The zero-order chi connectivity index (χ0) is 19.9. The molecule has 0 saturated carbocycles. The van der Waals surface area contributed by atoms with Crippen molar-refractivity contribution in [2.75, 3.05) is 27.2 Å². The molecule has 7 nitrogen and oxygen atoms in total. The molecule has 2 aromatic heterocycles. The van der Waals surface area contributed by atoms with E-state index >= 15 is 0 Å². The van der Waals surface area contributed by atoms with Crippen LogP contribution >= 0.6 is 0 Å². The number of hydrogen-bond donors (Lipinski definition) is 0. The summed E-state index contributed by atoms with van der Waals surface area (Å²) in [5.41, 5.74) is 1.72. The van der Waals surface area contributed by atoms with Crippen molar-refractivity contribution in [1.82, 2.24) is 19.8 Å². The van der Waals surface area contributed by atoms with Crippen molar-refractivity contribution in [2.24, 2.45) is 5.92 Å². The van der Waals surface area contributed by atoms with E-state index in [1.807, 2.05) is 24.3 Å². The summed E-state index contributed by atoms with van der Waals surface area (Å²) in [7, 11) is 3.38. The number of piperidine rings is 1. The minimum absolute atomic E-state index is 0.0416. The predicted octanol–water partition coefficient (Wildman–Crippen LogP) is 1.92. The van der Waals surface area contributed by atoms with Crippen LogP contribution in [-0.2, 0) is 22.6 Å². The van der Waals surface area contributed by atoms with Crippen molar-refractivity contribution in [3.8, 4) is 5.75 Å². The molecule has 1 fully saturated rings. The molecule has 3 rings (SSSR count). The van der Waals surface area contributed by atoms with Gasteiger partial charge in [0.2, 0.25) is 11.8 Å². The quantitative estimate of drug-likeness (QED) is 0.731. The van der Waals surface area contributed by atoms with Crippen molar-refractivity contribution >= 4 is 11.8 Å². The second-order valence-corrected chi connectivity index (χ2v) is 7.03. The molecule has 2 amide bonds. The minimum Gasteiger partial charge on any atom is -0.497 e. The number of aromatic nitrogens is 2. The van der Waals surface area contributed by atoms with Crippen LogP contribution in [0.5, 0.6) is 5.75 Å². The Labute approximate surface area is 165 Å². The molecule has 0 N–H and O–H groups in total. The van der Waals surface area contributed by atoms with E-state index in [0.717, 1.165) is 17.1 Å². The predicted molar refractivity (Wildman–Crippen MR) is 105 cm³/mol. The number of methoxy groups -OCH3 is 1. The van der Waals surface area contributed by atoms with E-state index in [0.29, 0.717) is 38.9 Å². The van der Waals surface area contributed by atoms with Crippen molar-refractivity contribution in [2.45, 2.75) is 25.8 Å². The number of amides is 2. The smallest absolute Gasteiger partial charge is 0.227 e. The standard InChI is InChI=1S/C21H26N4O3/c1-24(15-18-13-19(28-2)8-11-23-18)21(27)16-6-7-20(26)25(14-16)12-9-17-5-3-4-10-22-17/h3-5,8,10-11,13,16H,6-7,9,12,14-15H2,1-2H3. The molecule has 0 aliphatic carbocycles. The van der Waals surface area contributed by atoms with E-state index in [-0.39, 0.29) is 17.7 Å². The number of pyridine rings is 2. The average molecular weight is 382 g/mol. The lowest BCUT2D eigenvalue weighted by molar-refractivity contribution is -0.142. The summed E-state index contributed by atoms with van der Waals surface area (Å²) >= 11 is 0. The molecule has 7 heteroatoms. The third-order valence-electron chi connectivity index (χ3n) is 5.01. The van der Waals surface area contributed by atoms with E-state index in [2.05, 4.69) is 9.97 Å². The molecule has 0 aromatic carbocycles. The number of ether oxygens (including phenoxy) is 1. The van der Waals surface area contributed by atoms with E-state index in [1.54, 1.807) is 42.4 Å². The Morgan fingerprint density at radius 2 is 2.07 bits per heavy atom. The molecule has 28 heavy (non-hydrogen) atoms. The molecule has 1 aliphatic heterocycles. The summed E-state index contributed by atoms with van der Waals surface area (Å²) in [6, 6.07) is 9.36. The van der Waals surface area contributed by atoms with Crippen LogP contribution in [0.3, 0.4) is 0 Å². The maximum Gasteiger partial charge on any atom is 0.227 e. The van der Waals surface area contributed by atoms with E-state index in [1.165, 1.54) is 0 Å². The van der Waals surface area contributed by atoms with Gasteiger partial charge in [-0.25, -0.2) is 0 Å². The highest BCUT2D eigenvalue weighted by Crippen LogP contribution is 2.21. The SMILES string of the molecule is COc1ccnc(CN(C)C(=O)C2CCC(=O)N(CCc3ccccn3)C2)c1. The fourth-order valence-corrected chi connectivity index (χ4v) is 3.43. The van der Waals surface area contributed by atoms with Gasteiger partial charge in [-0.3, -0.25) is 19.6 Å². The Hall–Kier alpha value is -2.96. The molecule has 0 radical (unpaired) electrons. The Balaban J connectivity index is 1.57. The Kier molecular flexibility index (Phi) is 6.57. The first-order valence-electron chi connectivity index (χ1n) is 9.48. The van der Waals surface area contributed by atoms with Crippen molar-refractivity contribution in [3.63, 3.8) is 0 Å². The zero-order valence-corrected chi connectivity index (χ0v) is 16.4. The normalized spacial score (nSPS) is 16.7. The second kappa shape index (κ2) is 9.30. The van der Waals surface area contributed by atoms with Crippen molar-refractivity contribution in [1.29, 1.82) is 0 Å². The van der Waals surface area contributed by atoms with Crippen LogP contribution in [0.2, 0.25) is 0 Å². The molecule has 3 heterocycles. The molecular formula is C21H26N4O3. The van der Waals surface area contributed by atoms with Gasteiger partial charge in [-0.05, 0) is 24.6 Å². The first-order chi connectivity index (χ1) is 13.6. The number of hydrogen-bond acceptors (Lipinski definition) is 5. The van der Waals surface area contributed by atoms with Gasteiger partial charge in [0, 0.05) is 57.1 Å². The maximum absolute atomic E-state index is 12.9. The van der Waals surface area contributed by atoms with Gasteiger partial charge in [-0.1, -0.05) is 6.07 Å². The van der Waals surface area contributed by atoms with Gasteiger partial charge in [0.25, 0.3) is 0 Å². The topological polar surface area (TPSA) is 75.6 Å². The van der Waals surface area contributed by atoms with Crippen LogP contribution in [0.4, 0.5) is 0 Å². The highest BCUT2D eigenvalue weighted by molar-refractivity contribution is 5.83. The Morgan fingerprint density at radius 1 is 1.25 bits per heavy atom. The number of carbonyl (C=O) groups excluding carboxylic acids is 2. The van der Waals surface area contributed by atoms with Crippen LogP contribution in [0.15, 0.2) is 42.7 Å². The van der Waals surface area contributed by atoms with E-state index in [9.17, 15) is 9.59 Å². The molecule has 0 bridgehead atoms. The molecule has 1 unspecified atom stereocenters. The first kappa shape index (κ1) is 19.8. The summed E-state index contributed by atoms with van der Waals surface area (Å²) in [5, 5.41) is 0. The number of likely N-dealkylation sites (tertiary alicyclic amines) is 1. The van der Waals surface area contributed by atoms with Crippen molar-refractivity contribution in [3.05, 3.63) is 54.1 Å². The highest BCUT2D eigenvalue weighted by Gasteiger charge is 2.31. The molecule has 0 spiro atoms. The minimum atomic E-state index is -0.183. The highest BCUT2D eigenvalue weighted by atomic mass is 16.5. The zero-order valence-electron chi connectivity index (χ0n) is 16.4. The molecular weight excluding hydrogens is 356 g/mol. The van der Waals surface area contributed by atoms with Gasteiger partial charge < -0.3 is 14.5 Å². The van der Waals surface area contributed by atoms with Crippen LogP contribution in [0.25, 0.3) is 0 Å². The molecule has 2 aromatic rings. The van der Waals surface area contributed by atoms with Crippen LogP contribution in [-0.4, -0.2) is 58.8 Å². The Morgan fingerprint density at radius 3 is 2.82 bits per heavy atom. The molecule has 1 aliphatic rings. The Bertz CT molecular complexity index is 812. The van der Waals surface area contributed by atoms with Gasteiger partial charge in [-0.2, -0.15) is 0 Å². The molecule has 1 saturated heterocycles. The summed E-state index contributed by atoms with van der Waals surface area (Å²) in [4.78, 5) is 37.2. The monoisotopic (exact) mass is 382 g/mol. The van der Waals surface area contributed by atoms with Crippen LogP contribution < -0.4 is 4.74 Å². The van der Waals surface area contributed by atoms with Crippen molar-refractivity contribution < 1.29 is 14.3 Å². The largest absolute Gasteiger partial charge is 0.497 e. The van der Waals surface area contributed by atoms with Gasteiger partial charge in [0.15, 0.2) is 0 Å². The lowest BCUT2D eigenvalue weighted by Gasteiger charge is -2.33. The van der Waals surface area contributed by atoms with E-state index < -0.39 is 0 Å². The summed E-state index contributed by atoms with van der Waals surface area (Å²) < 4.78 is 5.21. The number of carbonyl (C=O) groups is 2. The number of nitrogens with zero attached hydrogens (tertiary/aromatic N) is 4. The van der Waals surface area contributed by atoms with Gasteiger partial charge in [0.05, 0.1) is 25.3 Å². The second-order valence-electron chi connectivity index (χ2n) is 7.03. The van der Waals surface area contributed by atoms with E-state index in [4.69, 9.17) is 4.74 Å². The molecule has 148 valence electrons. The fourth-order valence-electron chi connectivity index (χ4n) is 3.43. The van der Waals surface area contributed by atoms with Gasteiger partial charge in [0.1, 0.15) is 5.75 Å². The first-order valence-corrected chi connectivity index (χ1v) is 9.48. The fraction of sp³-hybridized carbons (Fsp3) is 0.429. The average Bonchev–Trinajstić information content (AvgIpc) is 2.73. The third kappa shape index (κ3) is 5.06. The van der Waals surface area contributed by atoms with Gasteiger partial charge in [-0.15, -0.1) is 0 Å². The summed E-state index contributed by atoms with van der Waals surface area (Å²) in [5.74, 6) is 0.684. The summed E-state index contributed by atoms with van der Waals surface area (Å²) in [6.45, 7) is 1.45. The lowest BCUT2D eigenvalue weighted by Crippen LogP contribution is -2.46. The lowest BCUT2D eigenvalue weighted by atomic mass is 9.95.